The molecule has 0 saturated heterocycles. The fraction of sp³-hybridized carbons (Fsp3) is 0.0351. The summed E-state index contributed by atoms with van der Waals surface area (Å²) in [6.45, 7) is 0.624. The molecule has 0 N–H and O–H groups in total. The van der Waals surface area contributed by atoms with E-state index in [1.807, 2.05) is 146 Å². The fourth-order valence-corrected chi connectivity index (χ4v) is 7.20. The number of benzene rings is 6. The summed E-state index contributed by atoms with van der Waals surface area (Å²) >= 11 is 0. The molecule has 0 bridgehead atoms. The van der Waals surface area contributed by atoms with E-state index in [-0.39, 0.29) is 41.2 Å². The molecule has 0 saturated carbocycles. The second-order valence-electron chi connectivity index (χ2n) is 14.8. The van der Waals surface area contributed by atoms with E-state index in [0.717, 1.165) is 67.2 Å². The zero-order chi connectivity index (χ0) is 43.6. The number of hydrogen-bond acceptors (Lipinski definition) is 8. The Hall–Kier alpha value is -7.41. The standard InChI is InChI=1S/C57H36N5O3.Ir.Pt/c1-2-14-51(52-27-26-45(57-61-31-10-32-62-57)36-56(52)65-47-12-9-11-44(33-47)55-17-5-8-30-60-55)50(13-1)46-34-48(63-38-40-18-22-42(23-19-40)53-15-3-6-28-58-53)37-49(35-46)64-39-41-20-24-43(25-21-41)54-16-4-7-29-59-54;;/h1-22,24,27-32,34-35,37H,38-39H2;;/q-5;+3;+2. The van der Waals surface area contributed by atoms with Crippen LogP contribution in [0.3, 0.4) is 0 Å². The van der Waals surface area contributed by atoms with Gasteiger partial charge in [-0.05, 0) is 76.2 Å². The van der Waals surface area contributed by atoms with Crippen molar-refractivity contribution in [1.29, 1.82) is 0 Å². The van der Waals surface area contributed by atoms with Crippen LogP contribution in [0.2, 0.25) is 0 Å². The van der Waals surface area contributed by atoms with Gasteiger partial charge in [-0.25, -0.2) is 17.7 Å². The van der Waals surface area contributed by atoms with E-state index in [9.17, 15) is 0 Å². The number of hydrogen-bond donors (Lipinski definition) is 0. The summed E-state index contributed by atoms with van der Waals surface area (Å²) in [6.07, 6.45) is 8.70. The Balaban J connectivity index is 0.00000304. The van der Waals surface area contributed by atoms with Crippen molar-refractivity contribution in [2.24, 2.45) is 0 Å². The molecule has 0 atom stereocenters. The van der Waals surface area contributed by atoms with Crippen molar-refractivity contribution in [3.8, 4) is 90.4 Å². The summed E-state index contributed by atoms with van der Waals surface area (Å²) < 4.78 is 19.8. The van der Waals surface area contributed by atoms with Crippen molar-refractivity contribution in [2.45, 2.75) is 13.2 Å². The van der Waals surface area contributed by atoms with Crippen molar-refractivity contribution in [3.05, 3.63) is 236 Å². The molecule has 0 aliphatic carbocycles. The molecule has 10 aromatic rings. The maximum atomic E-state index is 6.70. The molecule has 0 fully saturated rings. The molecule has 0 radical (unpaired) electrons. The van der Waals surface area contributed by atoms with Crippen LogP contribution < -0.4 is 14.2 Å². The molecule has 0 amide bonds. The minimum Gasteiger partial charge on any atom is -0.515 e. The van der Waals surface area contributed by atoms with Crippen molar-refractivity contribution in [1.82, 2.24) is 24.9 Å². The number of nitrogens with zero attached hydrogens (tertiary/aromatic N) is 5. The Labute approximate surface area is 417 Å². The quantitative estimate of drug-likeness (QED) is 0.0995. The first-order chi connectivity index (χ1) is 32.2. The first-order valence-corrected chi connectivity index (χ1v) is 20.9. The minimum absolute atomic E-state index is 0. The van der Waals surface area contributed by atoms with E-state index in [4.69, 9.17) is 14.2 Å². The normalized spacial score (nSPS) is 10.6. The Morgan fingerprint density at radius 1 is 0.433 bits per heavy atom. The minimum atomic E-state index is 0. The summed E-state index contributed by atoms with van der Waals surface area (Å²) in [5.74, 6) is 2.68. The SMILES string of the molecule is [Ir+3].[Pt+2].[c-]1cc(-c2ccccc2-c2cc(OCc3c[c-]c(-c4ccccn4)cc3)cc(OCc3c[c-]c(-c4ccccn4)cc3)c2)c(Oc2[c-]c(-c3ccccn3)ccc2)[c-]c1-c1ncccn1. The molecule has 326 valence electrons. The smallest absolute Gasteiger partial charge is 0.515 e. The van der Waals surface area contributed by atoms with Gasteiger partial charge in [-0.15, -0.1) is 89.0 Å². The first-order valence-electron chi connectivity index (χ1n) is 20.9. The molecule has 8 nitrogen and oxygen atoms in total. The summed E-state index contributed by atoms with van der Waals surface area (Å²) in [7, 11) is 0. The van der Waals surface area contributed by atoms with Gasteiger partial charge < -0.3 is 39.1 Å². The third-order valence-corrected chi connectivity index (χ3v) is 10.4. The van der Waals surface area contributed by atoms with Crippen LogP contribution in [0.4, 0.5) is 0 Å². The first kappa shape index (κ1) is 46.1. The second kappa shape index (κ2) is 22.2. The Morgan fingerprint density at radius 2 is 0.985 bits per heavy atom. The van der Waals surface area contributed by atoms with Crippen LogP contribution in [0.15, 0.2) is 195 Å². The Kier molecular flexibility index (Phi) is 15.3. The van der Waals surface area contributed by atoms with Gasteiger partial charge in [0.2, 0.25) is 0 Å². The summed E-state index contributed by atoms with van der Waals surface area (Å²) in [5, 5.41) is 0. The molecular formula is C57H36IrN5O3Pt. The van der Waals surface area contributed by atoms with Gasteiger partial charge in [-0.1, -0.05) is 83.4 Å². The monoisotopic (exact) mass is 1230 g/mol. The van der Waals surface area contributed by atoms with Crippen molar-refractivity contribution in [2.75, 3.05) is 0 Å². The van der Waals surface area contributed by atoms with E-state index < -0.39 is 0 Å². The van der Waals surface area contributed by atoms with E-state index >= 15 is 0 Å². The zero-order valence-corrected chi connectivity index (χ0v) is 40.2. The predicted molar refractivity (Wildman–Crippen MR) is 250 cm³/mol. The molecule has 4 heterocycles. The Bertz CT molecular complexity index is 3060. The number of pyridine rings is 3. The maximum Gasteiger partial charge on any atom is 3.00 e. The van der Waals surface area contributed by atoms with Gasteiger partial charge in [0.25, 0.3) is 0 Å². The van der Waals surface area contributed by atoms with E-state index in [2.05, 4.69) is 67.4 Å². The molecule has 10 heteroatoms. The van der Waals surface area contributed by atoms with E-state index in [1.54, 1.807) is 37.1 Å². The maximum absolute atomic E-state index is 6.70. The summed E-state index contributed by atoms with van der Waals surface area (Å²) in [6, 6.07) is 69.8. The van der Waals surface area contributed by atoms with Crippen molar-refractivity contribution < 1.29 is 55.4 Å². The average Bonchev–Trinajstić information content (AvgIpc) is 3.39. The van der Waals surface area contributed by atoms with Gasteiger partial charge in [-0.3, -0.25) is 6.07 Å². The van der Waals surface area contributed by atoms with Crippen LogP contribution in [-0.4, -0.2) is 24.9 Å². The third kappa shape index (κ3) is 11.3. The van der Waals surface area contributed by atoms with Crippen LogP contribution in [0.5, 0.6) is 23.0 Å². The molecule has 6 aromatic carbocycles. The Morgan fingerprint density at radius 3 is 1.54 bits per heavy atom. The fourth-order valence-electron chi connectivity index (χ4n) is 7.20. The molecular weight excluding hydrogens is 1190 g/mol. The van der Waals surface area contributed by atoms with Crippen LogP contribution in [0.25, 0.3) is 67.4 Å². The van der Waals surface area contributed by atoms with Crippen molar-refractivity contribution in [3.63, 3.8) is 0 Å². The van der Waals surface area contributed by atoms with Crippen LogP contribution in [0, 0.1) is 30.3 Å². The number of rotatable bonds is 14. The molecule has 67 heavy (non-hydrogen) atoms. The molecule has 10 rings (SSSR count). The van der Waals surface area contributed by atoms with E-state index in [1.165, 1.54) is 0 Å². The molecule has 0 aliphatic heterocycles. The van der Waals surface area contributed by atoms with Gasteiger partial charge in [-0.2, -0.15) is 0 Å². The topological polar surface area (TPSA) is 92.1 Å². The van der Waals surface area contributed by atoms with Crippen LogP contribution >= 0.6 is 0 Å². The second-order valence-corrected chi connectivity index (χ2v) is 14.8. The number of aromatic nitrogens is 5. The molecule has 0 aliphatic rings. The zero-order valence-electron chi connectivity index (χ0n) is 35.5. The van der Waals surface area contributed by atoms with Crippen LogP contribution in [0.1, 0.15) is 11.1 Å². The predicted octanol–water partition coefficient (Wildman–Crippen LogP) is 12.6. The molecule has 0 spiro atoms. The van der Waals surface area contributed by atoms with Crippen LogP contribution in [-0.2, 0) is 54.4 Å². The summed E-state index contributed by atoms with van der Waals surface area (Å²) in [5.41, 5.74) is 11.0. The van der Waals surface area contributed by atoms with Gasteiger partial charge in [0.1, 0.15) is 11.5 Å². The van der Waals surface area contributed by atoms with Gasteiger partial charge >= 0.3 is 41.2 Å². The average molecular weight is 1230 g/mol. The van der Waals surface area contributed by atoms with E-state index in [0.29, 0.717) is 47.6 Å². The van der Waals surface area contributed by atoms with Gasteiger partial charge in [0.15, 0.2) is 0 Å². The van der Waals surface area contributed by atoms with Gasteiger partial charge in [0.05, 0.1) is 13.2 Å². The summed E-state index contributed by atoms with van der Waals surface area (Å²) in [4.78, 5) is 22.4. The molecule has 4 aromatic heterocycles. The third-order valence-electron chi connectivity index (χ3n) is 10.4. The molecule has 0 unspecified atom stereocenters. The van der Waals surface area contributed by atoms with Gasteiger partial charge in [0, 0.05) is 42.8 Å². The van der Waals surface area contributed by atoms with Crippen molar-refractivity contribution >= 4 is 0 Å². The number of ether oxygens (including phenoxy) is 3. The largest absolute Gasteiger partial charge is 3.00 e.